The molecule has 110 valence electrons. The number of likely N-dealkylation sites (N-methyl/N-ethyl adjacent to an activating group) is 1. The standard InChI is InChI=1S/C16H17NO3S/c1-3-20-13-8-11-6-4-5-10(11)7-12(13)9-14-15(18)17(2)16(19)21-14/h7-9H,3-6H2,1-2H3/b14-9+. The summed E-state index contributed by atoms with van der Waals surface area (Å²) >= 11 is 0.980. The van der Waals surface area contributed by atoms with Crippen LogP contribution in [0, 0.1) is 0 Å². The summed E-state index contributed by atoms with van der Waals surface area (Å²) in [5.41, 5.74) is 3.54. The summed E-state index contributed by atoms with van der Waals surface area (Å²) in [6.45, 7) is 2.52. The van der Waals surface area contributed by atoms with Crippen LogP contribution in [-0.4, -0.2) is 29.7 Å². The van der Waals surface area contributed by atoms with Crippen molar-refractivity contribution in [2.45, 2.75) is 26.2 Å². The van der Waals surface area contributed by atoms with Gasteiger partial charge < -0.3 is 4.74 Å². The van der Waals surface area contributed by atoms with E-state index in [4.69, 9.17) is 4.74 Å². The van der Waals surface area contributed by atoms with E-state index in [9.17, 15) is 9.59 Å². The first-order valence-electron chi connectivity index (χ1n) is 7.10. The van der Waals surface area contributed by atoms with Gasteiger partial charge in [-0.3, -0.25) is 14.5 Å². The van der Waals surface area contributed by atoms with E-state index in [2.05, 4.69) is 12.1 Å². The van der Waals surface area contributed by atoms with Gasteiger partial charge in [-0.25, -0.2) is 0 Å². The summed E-state index contributed by atoms with van der Waals surface area (Å²) in [5.74, 6) is 0.550. The van der Waals surface area contributed by atoms with Crippen LogP contribution in [0.4, 0.5) is 4.79 Å². The van der Waals surface area contributed by atoms with Crippen LogP contribution in [-0.2, 0) is 17.6 Å². The molecule has 0 unspecified atom stereocenters. The Morgan fingerprint density at radius 3 is 2.62 bits per heavy atom. The molecule has 1 aliphatic heterocycles. The fourth-order valence-corrected chi connectivity index (χ4v) is 3.52. The predicted molar refractivity (Wildman–Crippen MR) is 83.4 cm³/mol. The van der Waals surface area contributed by atoms with E-state index in [1.54, 1.807) is 6.08 Å². The lowest BCUT2D eigenvalue weighted by Gasteiger charge is -2.11. The molecular formula is C16H17NO3S. The van der Waals surface area contributed by atoms with Crippen LogP contribution in [0.25, 0.3) is 6.08 Å². The molecule has 1 fully saturated rings. The summed E-state index contributed by atoms with van der Waals surface area (Å²) in [6, 6.07) is 4.17. The Labute approximate surface area is 128 Å². The van der Waals surface area contributed by atoms with Gasteiger partial charge in [0.1, 0.15) is 5.75 Å². The molecule has 2 amide bonds. The Balaban J connectivity index is 2.02. The smallest absolute Gasteiger partial charge is 0.293 e. The van der Waals surface area contributed by atoms with E-state index in [1.165, 1.54) is 18.2 Å². The van der Waals surface area contributed by atoms with Crippen LogP contribution >= 0.6 is 11.8 Å². The highest BCUT2D eigenvalue weighted by molar-refractivity contribution is 8.18. The van der Waals surface area contributed by atoms with Crippen molar-refractivity contribution in [2.75, 3.05) is 13.7 Å². The number of hydrogen-bond donors (Lipinski definition) is 0. The molecule has 3 rings (SSSR count). The van der Waals surface area contributed by atoms with E-state index < -0.39 is 0 Å². The number of nitrogens with zero attached hydrogens (tertiary/aromatic N) is 1. The first kappa shape index (κ1) is 14.2. The Morgan fingerprint density at radius 1 is 1.29 bits per heavy atom. The summed E-state index contributed by atoms with van der Waals surface area (Å²) in [5, 5.41) is -0.231. The van der Waals surface area contributed by atoms with Crippen LogP contribution in [0.2, 0.25) is 0 Å². The number of aryl methyl sites for hydroxylation is 2. The molecule has 21 heavy (non-hydrogen) atoms. The lowest BCUT2D eigenvalue weighted by Crippen LogP contribution is -2.22. The molecule has 0 spiro atoms. The maximum Gasteiger partial charge on any atom is 0.293 e. The highest BCUT2D eigenvalue weighted by Gasteiger charge is 2.32. The Bertz CT molecular complexity index is 651. The lowest BCUT2D eigenvalue weighted by atomic mass is 10.0. The number of ether oxygens (including phenoxy) is 1. The molecule has 0 saturated carbocycles. The monoisotopic (exact) mass is 303 g/mol. The third-order valence-corrected chi connectivity index (χ3v) is 4.76. The van der Waals surface area contributed by atoms with Crippen LogP contribution in [0.5, 0.6) is 5.75 Å². The zero-order chi connectivity index (χ0) is 15.0. The van der Waals surface area contributed by atoms with Gasteiger partial charge in [0.05, 0.1) is 11.5 Å². The van der Waals surface area contributed by atoms with Gasteiger partial charge in [-0.15, -0.1) is 0 Å². The van der Waals surface area contributed by atoms with Gasteiger partial charge in [0.2, 0.25) is 0 Å². The third kappa shape index (κ3) is 2.58. The molecular weight excluding hydrogens is 286 g/mol. The zero-order valence-corrected chi connectivity index (χ0v) is 13.0. The quantitative estimate of drug-likeness (QED) is 0.804. The fourth-order valence-electron chi connectivity index (χ4n) is 2.70. The second-order valence-electron chi connectivity index (χ2n) is 5.19. The minimum Gasteiger partial charge on any atom is -0.493 e. The molecule has 1 aromatic carbocycles. The SMILES string of the molecule is CCOc1cc2c(cc1/C=C1/SC(=O)N(C)C1=O)CCC2. The van der Waals surface area contributed by atoms with E-state index in [1.807, 2.05) is 6.92 Å². The number of thioether (sulfide) groups is 1. The van der Waals surface area contributed by atoms with Crippen molar-refractivity contribution in [3.8, 4) is 5.75 Å². The maximum absolute atomic E-state index is 12.0. The molecule has 1 heterocycles. The number of hydrogen-bond acceptors (Lipinski definition) is 4. The molecule has 0 bridgehead atoms. The summed E-state index contributed by atoms with van der Waals surface area (Å²) in [7, 11) is 1.50. The second-order valence-corrected chi connectivity index (χ2v) is 6.18. The Kier molecular flexibility index (Phi) is 3.76. The Morgan fingerprint density at radius 2 is 2.00 bits per heavy atom. The largest absolute Gasteiger partial charge is 0.493 e. The molecule has 0 N–H and O–H groups in total. The van der Waals surface area contributed by atoms with Gasteiger partial charge >= 0.3 is 0 Å². The molecule has 0 radical (unpaired) electrons. The number of amides is 2. The van der Waals surface area contributed by atoms with Crippen molar-refractivity contribution in [3.63, 3.8) is 0 Å². The number of fused-ring (bicyclic) bond motifs is 1. The first-order chi connectivity index (χ1) is 10.1. The minimum absolute atomic E-state index is 0.231. The molecule has 4 nitrogen and oxygen atoms in total. The highest BCUT2D eigenvalue weighted by Crippen LogP contribution is 2.35. The van der Waals surface area contributed by atoms with E-state index >= 15 is 0 Å². The molecule has 5 heteroatoms. The minimum atomic E-state index is -0.243. The summed E-state index contributed by atoms with van der Waals surface area (Å²) in [6.07, 6.45) is 5.09. The van der Waals surface area contributed by atoms with E-state index in [0.717, 1.165) is 47.2 Å². The molecule has 1 aromatic rings. The Hall–Kier alpha value is -1.75. The van der Waals surface area contributed by atoms with Gasteiger partial charge in [0, 0.05) is 12.6 Å². The highest BCUT2D eigenvalue weighted by atomic mass is 32.2. The average molecular weight is 303 g/mol. The lowest BCUT2D eigenvalue weighted by molar-refractivity contribution is -0.121. The average Bonchev–Trinajstić information content (AvgIpc) is 3.00. The fraction of sp³-hybridized carbons (Fsp3) is 0.375. The topological polar surface area (TPSA) is 46.6 Å². The van der Waals surface area contributed by atoms with Gasteiger partial charge in [-0.05, 0) is 67.3 Å². The summed E-state index contributed by atoms with van der Waals surface area (Å²) in [4.78, 5) is 25.2. The van der Waals surface area contributed by atoms with Crippen LogP contribution in [0.3, 0.4) is 0 Å². The van der Waals surface area contributed by atoms with Gasteiger partial charge in [-0.1, -0.05) is 0 Å². The van der Waals surface area contributed by atoms with Crippen molar-refractivity contribution in [3.05, 3.63) is 33.7 Å². The normalized spacial score (nSPS) is 19.5. The van der Waals surface area contributed by atoms with E-state index in [-0.39, 0.29) is 11.1 Å². The number of rotatable bonds is 3. The summed E-state index contributed by atoms with van der Waals surface area (Å²) < 4.78 is 5.70. The van der Waals surface area contributed by atoms with Gasteiger partial charge in [0.15, 0.2) is 0 Å². The van der Waals surface area contributed by atoms with Gasteiger partial charge in [-0.2, -0.15) is 0 Å². The second kappa shape index (κ2) is 5.56. The van der Waals surface area contributed by atoms with Crippen molar-refractivity contribution < 1.29 is 14.3 Å². The molecule has 0 aromatic heterocycles. The van der Waals surface area contributed by atoms with E-state index in [0.29, 0.717) is 11.5 Å². The molecule has 2 aliphatic rings. The maximum atomic E-state index is 12.0. The number of imide groups is 1. The molecule has 1 aliphatic carbocycles. The van der Waals surface area contributed by atoms with Crippen molar-refractivity contribution in [2.24, 2.45) is 0 Å². The number of carbonyl (C=O) groups excluding carboxylic acids is 2. The van der Waals surface area contributed by atoms with Crippen molar-refractivity contribution in [1.29, 1.82) is 0 Å². The molecule has 1 saturated heterocycles. The van der Waals surface area contributed by atoms with Crippen LogP contribution in [0.15, 0.2) is 17.0 Å². The number of carbonyl (C=O) groups is 2. The van der Waals surface area contributed by atoms with Crippen LogP contribution in [0.1, 0.15) is 30.0 Å². The van der Waals surface area contributed by atoms with Crippen molar-refractivity contribution in [1.82, 2.24) is 4.90 Å². The third-order valence-electron chi connectivity index (χ3n) is 3.80. The predicted octanol–water partition coefficient (Wildman–Crippen LogP) is 3.24. The van der Waals surface area contributed by atoms with Gasteiger partial charge in [0.25, 0.3) is 11.1 Å². The number of benzene rings is 1. The first-order valence-corrected chi connectivity index (χ1v) is 7.92. The zero-order valence-electron chi connectivity index (χ0n) is 12.1. The van der Waals surface area contributed by atoms with Crippen molar-refractivity contribution >= 4 is 29.0 Å². The van der Waals surface area contributed by atoms with Crippen LogP contribution < -0.4 is 4.74 Å². The molecule has 0 atom stereocenters.